The fraction of sp³-hybridized carbons (Fsp3) is 0.111. The van der Waals surface area contributed by atoms with E-state index in [1.54, 1.807) is 13.0 Å². The van der Waals surface area contributed by atoms with E-state index >= 15 is 0 Å². The van der Waals surface area contributed by atoms with Gasteiger partial charge in [0.2, 0.25) is 0 Å². The maximum absolute atomic E-state index is 12.7. The number of halogens is 2. The lowest BCUT2D eigenvalue weighted by Crippen LogP contribution is -2.12. The van der Waals surface area contributed by atoms with Gasteiger partial charge in [-0.25, -0.2) is 9.79 Å². The number of rotatable bonds is 7. The summed E-state index contributed by atoms with van der Waals surface area (Å²) in [5.41, 5.74) is 2.50. The standard InChI is InChI=1S/C27H21Br2NO4S/c1-2-33-27(32)24-25(31)23(35-26(24)30-21-6-4-3-5-7-21)15-18-14-20(29)12-13-22(18)34-16-17-8-10-19(28)11-9-17/h3-15,31H,2,16H2,1H3/b23-15-,30-26?. The van der Waals surface area contributed by atoms with Crippen molar-refractivity contribution in [1.29, 1.82) is 0 Å². The Labute approximate surface area is 224 Å². The zero-order chi connectivity index (χ0) is 24.8. The van der Waals surface area contributed by atoms with E-state index in [-0.39, 0.29) is 17.9 Å². The van der Waals surface area contributed by atoms with Crippen molar-refractivity contribution < 1.29 is 19.4 Å². The Morgan fingerprint density at radius 2 is 1.74 bits per heavy atom. The van der Waals surface area contributed by atoms with Gasteiger partial charge in [-0.2, -0.15) is 0 Å². The molecule has 0 amide bonds. The number of para-hydroxylation sites is 1. The van der Waals surface area contributed by atoms with Gasteiger partial charge in [-0.3, -0.25) is 0 Å². The van der Waals surface area contributed by atoms with Gasteiger partial charge in [0, 0.05) is 14.5 Å². The molecule has 1 aliphatic heterocycles. The van der Waals surface area contributed by atoms with Crippen LogP contribution in [-0.2, 0) is 16.1 Å². The summed E-state index contributed by atoms with van der Waals surface area (Å²) in [6, 6.07) is 22.8. The molecule has 4 rings (SSSR count). The molecule has 0 unspecified atom stereocenters. The Bertz CT molecular complexity index is 1320. The van der Waals surface area contributed by atoms with E-state index in [2.05, 4.69) is 36.9 Å². The molecule has 1 aliphatic rings. The largest absolute Gasteiger partial charge is 0.506 e. The highest BCUT2D eigenvalue weighted by atomic mass is 79.9. The number of nitrogens with zero attached hydrogens (tertiary/aromatic N) is 1. The highest BCUT2D eigenvalue weighted by Gasteiger charge is 2.33. The van der Waals surface area contributed by atoms with Crippen LogP contribution in [0, 0.1) is 0 Å². The van der Waals surface area contributed by atoms with Gasteiger partial charge in [-0.05, 0) is 61.0 Å². The molecule has 0 atom stereocenters. The van der Waals surface area contributed by atoms with Gasteiger partial charge in [-0.1, -0.05) is 74.0 Å². The van der Waals surface area contributed by atoms with Gasteiger partial charge in [0.05, 0.1) is 17.2 Å². The van der Waals surface area contributed by atoms with E-state index in [1.807, 2.05) is 72.8 Å². The van der Waals surface area contributed by atoms with E-state index in [0.717, 1.165) is 20.1 Å². The molecule has 0 radical (unpaired) electrons. The molecule has 0 aromatic heterocycles. The summed E-state index contributed by atoms with van der Waals surface area (Å²) in [6.07, 6.45) is 1.79. The van der Waals surface area contributed by atoms with Crippen LogP contribution in [0.25, 0.3) is 6.08 Å². The second-order valence-electron chi connectivity index (χ2n) is 7.40. The molecule has 5 nitrogen and oxygen atoms in total. The van der Waals surface area contributed by atoms with Crippen LogP contribution in [0.1, 0.15) is 18.1 Å². The summed E-state index contributed by atoms with van der Waals surface area (Å²) in [5, 5.41) is 11.4. The first kappa shape index (κ1) is 25.3. The maximum atomic E-state index is 12.7. The third kappa shape index (κ3) is 6.45. The number of carbonyl (C=O) groups is 1. The van der Waals surface area contributed by atoms with Gasteiger partial charge in [0.15, 0.2) is 0 Å². The van der Waals surface area contributed by atoms with Crippen molar-refractivity contribution in [2.45, 2.75) is 13.5 Å². The lowest BCUT2D eigenvalue weighted by molar-refractivity contribution is -0.138. The van der Waals surface area contributed by atoms with Crippen molar-refractivity contribution in [3.05, 3.63) is 109 Å². The van der Waals surface area contributed by atoms with E-state index < -0.39 is 5.97 Å². The van der Waals surface area contributed by atoms with Gasteiger partial charge in [-0.15, -0.1) is 0 Å². The average molecular weight is 615 g/mol. The van der Waals surface area contributed by atoms with Crippen LogP contribution in [0.15, 0.2) is 103 Å². The van der Waals surface area contributed by atoms with Crippen LogP contribution in [0.5, 0.6) is 5.75 Å². The van der Waals surface area contributed by atoms with E-state index in [9.17, 15) is 9.90 Å². The van der Waals surface area contributed by atoms with Crippen LogP contribution in [-0.4, -0.2) is 22.7 Å². The normalized spacial score (nSPS) is 15.6. The van der Waals surface area contributed by atoms with Crippen molar-refractivity contribution in [3.8, 4) is 5.75 Å². The summed E-state index contributed by atoms with van der Waals surface area (Å²) < 4.78 is 13.1. The molecule has 3 aromatic rings. The first-order valence-electron chi connectivity index (χ1n) is 10.8. The smallest absolute Gasteiger partial charge is 0.344 e. The van der Waals surface area contributed by atoms with E-state index in [4.69, 9.17) is 9.47 Å². The quantitative estimate of drug-likeness (QED) is 0.273. The number of esters is 1. The lowest BCUT2D eigenvalue weighted by atomic mass is 10.1. The maximum Gasteiger partial charge on any atom is 0.344 e. The fourth-order valence-corrected chi connectivity index (χ4v) is 4.93. The number of aliphatic hydroxyl groups excluding tert-OH is 1. The van der Waals surface area contributed by atoms with Gasteiger partial charge < -0.3 is 14.6 Å². The molecular formula is C27H21Br2NO4S. The number of aliphatic imine (C=N–C) groups is 1. The first-order chi connectivity index (χ1) is 16.9. The first-order valence-corrected chi connectivity index (χ1v) is 13.2. The van der Waals surface area contributed by atoms with Crippen LogP contribution in [0.2, 0.25) is 0 Å². The van der Waals surface area contributed by atoms with Gasteiger partial charge in [0.1, 0.15) is 28.7 Å². The molecule has 0 fully saturated rings. The summed E-state index contributed by atoms with van der Waals surface area (Å²) >= 11 is 8.16. The number of hydrogen-bond acceptors (Lipinski definition) is 6. The Morgan fingerprint density at radius 1 is 1.03 bits per heavy atom. The highest BCUT2D eigenvalue weighted by Crippen LogP contribution is 2.41. The highest BCUT2D eigenvalue weighted by molar-refractivity contribution is 9.10. The molecule has 0 saturated carbocycles. The van der Waals surface area contributed by atoms with Crippen LogP contribution >= 0.6 is 43.6 Å². The topological polar surface area (TPSA) is 68.1 Å². The Morgan fingerprint density at radius 3 is 2.46 bits per heavy atom. The molecule has 0 bridgehead atoms. The molecule has 0 saturated heterocycles. The number of ether oxygens (including phenoxy) is 2. The SMILES string of the molecule is CCOC(=O)C1=C(O)/C(=C/c2cc(Br)ccc2OCc2ccc(Br)cc2)SC1=Nc1ccccc1. The molecule has 1 N–H and O–H groups in total. The molecule has 8 heteroatoms. The predicted molar refractivity (Wildman–Crippen MR) is 148 cm³/mol. The van der Waals surface area contributed by atoms with Crippen molar-refractivity contribution in [2.75, 3.05) is 6.61 Å². The molecule has 178 valence electrons. The van der Waals surface area contributed by atoms with E-state index in [0.29, 0.717) is 28.0 Å². The summed E-state index contributed by atoms with van der Waals surface area (Å²) in [6.45, 7) is 2.30. The van der Waals surface area contributed by atoms with Crippen molar-refractivity contribution in [2.24, 2.45) is 4.99 Å². The zero-order valence-corrected chi connectivity index (χ0v) is 22.7. The van der Waals surface area contributed by atoms with Crippen molar-refractivity contribution >= 4 is 66.4 Å². The predicted octanol–water partition coefficient (Wildman–Crippen LogP) is 7.98. The van der Waals surface area contributed by atoms with Crippen LogP contribution in [0.4, 0.5) is 5.69 Å². The van der Waals surface area contributed by atoms with Gasteiger partial charge in [0.25, 0.3) is 0 Å². The number of aliphatic hydroxyl groups is 1. The summed E-state index contributed by atoms with van der Waals surface area (Å²) in [4.78, 5) is 17.7. The number of thioether (sulfide) groups is 1. The van der Waals surface area contributed by atoms with Crippen molar-refractivity contribution in [3.63, 3.8) is 0 Å². The second-order valence-corrected chi connectivity index (χ2v) is 10.3. The molecular weight excluding hydrogens is 594 g/mol. The fourth-order valence-electron chi connectivity index (χ4n) is 3.26. The third-order valence-corrected chi connectivity index (χ3v) is 6.96. The Balaban J connectivity index is 1.68. The Hall–Kier alpha value is -2.81. The van der Waals surface area contributed by atoms with Crippen LogP contribution < -0.4 is 4.74 Å². The monoisotopic (exact) mass is 613 g/mol. The second kappa shape index (κ2) is 11.7. The molecule has 1 heterocycles. The molecule has 0 spiro atoms. The van der Waals surface area contributed by atoms with Crippen molar-refractivity contribution in [1.82, 2.24) is 0 Å². The Kier molecular flexibility index (Phi) is 8.49. The average Bonchev–Trinajstić information content (AvgIpc) is 3.14. The molecule has 3 aromatic carbocycles. The summed E-state index contributed by atoms with van der Waals surface area (Å²) in [5.74, 6) is -0.137. The minimum absolute atomic E-state index is 0.0549. The van der Waals surface area contributed by atoms with Gasteiger partial charge >= 0.3 is 5.97 Å². The third-order valence-electron chi connectivity index (χ3n) is 4.92. The minimum atomic E-state index is -0.614. The van der Waals surface area contributed by atoms with Crippen LogP contribution in [0.3, 0.4) is 0 Å². The zero-order valence-electron chi connectivity index (χ0n) is 18.7. The number of carbonyl (C=O) groups excluding carboxylic acids is 1. The molecule has 0 aliphatic carbocycles. The minimum Gasteiger partial charge on any atom is -0.506 e. The summed E-state index contributed by atoms with van der Waals surface area (Å²) in [7, 11) is 0. The van der Waals surface area contributed by atoms with E-state index in [1.165, 1.54) is 11.8 Å². The number of benzene rings is 3. The number of hydrogen-bond donors (Lipinski definition) is 1. The lowest BCUT2D eigenvalue weighted by Gasteiger charge is -2.11. The molecule has 35 heavy (non-hydrogen) atoms.